The summed E-state index contributed by atoms with van der Waals surface area (Å²) in [5.41, 5.74) is 5.56. The summed E-state index contributed by atoms with van der Waals surface area (Å²) in [6, 6.07) is 10.1. The molecular formula is C36H42FN3S. The van der Waals surface area contributed by atoms with Crippen molar-refractivity contribution in [2.24, 2.45) is 0 Å². The Hall–Kier alpha value is -3.62. The predicted molar refractivity (Wildman–Crippen MR) is 177 cm³/mol. The number of hydrogen-bond acceptors (Lipinski definition) is 4. The van der Waals surface area contributed by atoms with Gasteiger partial charge in [-0.25, -0.2) is 9.37 Å². The van der Waals surface area contributed by atoms with Crippen LogP contribution in [-0.2, 0) is 0 Å². The lowest BCUT2D eigenvalue weighted by Crippen LogP contribution is -2.18. The Kier molecular flexibility index (Phi) is 12.4. The van der Waals surface area contributed by atoms with E-state index < -0.39 is 6.17 Å². The molecule has 0 saturated heterocycles. The number of thioether (sulfide) groups is 1. The third-order valence-electron chi connectivity index (χ3n) is 6.98. The Labute approximate surface area is 250 Å². The molecule has 1 N–H and O–H groups in total. The predicted octanol–water partition coefficient (Wildman–Crippen LogP) is 9.79. The highest BCUT2D eigenvalue weighted by Gasteiger charge is 2.19. The molecule has 214 valence electrons. The van der Waals surface area contributed by atoms with Crippen LogP contribution in [0.2, 0.25) is 0 Å². The van der Waals surface area contributed by atoms with Crippen LogP contribution in [0.1, 0.15) is 76.0 Å². The average molecular weight is 568 g/mol. The Morgan fingerprint density at radius 2 is 1.85 bits per heavy atom. The normalized spacial score (nSPS) is 13.2. The number of benzene rings is 1. The van der Waals surface area contributed by atoms with Gasteiger partial charge in [0.1, 0.15) is 12.0 Å². The molecular weight excluding hydrogens is 525 g/mol. The number of fused-ring (bicyclic) bond motifs is 1. The first kappa shape index (κ1) is 31.9. The van der Waals surface area contributed by atoms with Gasteiger partial charge in [0.15, 0.2) is 0 Å². The number of allylic oxidation sites excluding steroid dienone is 5. The summed E-state index contributed by atoms with van der Waals surface area (Å²) in [5.74, 6) is 7.62. The minimum atomic E-state index is -0.845. The molecule has 0 amide bonds. The smallest absolute Gasteiger partial charge is 0.130 e. The van der Waals surface area contributed by atoms with Crippen LogP contribution in [0.15, 0.2) is 97.2 Å². The van der Waals surface area contributed by atoms with Crippen LogP contribution in [-0.4, -0.2) is 27.6 Å². The van der Waals surface area contributed by atoms with E-state index in [1.54, 1.807) is 24.2 Å². The fourth-order valence-corrected chi connectivity index (χ4v) is 5.55. The van der Waals surface area contributed by atoms with Crippen molar-refractivity contribution in [3.8, 4) is 11.8 Å². The third-order valence-corrected chi connectivity index (χ3v) is 8.12. The van der Waals surface area contributed by atoms with E-state index in [0.717, 1.165) is 57.4 Å². The lowest BCUT2D eigenvalue weighted by atomic mass is 9.94. The highest BCUT2D eigenvalue weighted by atomic mass is 32.2. The van der Waals surface area contributed by atoms with Gasteiger partial charge in [0, 0.05) is 46.1 Å². The molecule has 0 aliphatic heterocycles. The van der Waals surface area contributed by atoms with E-state index in [1.807, 2.05) is 49.7 Å². The Bertz CT molecular complexity index is 1460. The second kappa shape index (κ2) is 16.0. The van der Waals surface area contributed by atoms with Crippen molar-refractivity contribution in [3.05, 3.63) is 114 Å². The number of rotatable bonds is 13. The lowest BCUT2D eigenvalue weighted by molar-refractivity contribution is 0.299. The maximum absolute atomic E-state index is 14.8. The van der Waals surface area contributed by atoms with E-state index in [-0.39, 0.29) is 5.25 Å². The minimum Gasteiger partial charge on any atom is -0.340 e. The zero-order valence-corrected chi connectivity index (χ0v) is 25.8. The first-order valence-electron chi connectivity index (χ1n) is 14.3. The molecule has 0 radical (unpaired) electrons. The van der Waals surface area contributed by atoms with Gasteiger partial charge in [0.25, 0.3) is 0 Å². The largest absolute Gasteiger partial charge is 0.340 e. The maximum Gasteiger partial charge on any atom is 0.130 e. The van der Waals surface area contributed by atoms with Gasteiger partial charge in [-0.05, 0) is 96.9 Å². The maximum atomic E-state index is 14.8. The first-order chi connectivity index (χ1) is 19.8. The summed E-state index contributed by atoms with van der Waals surface area (Å²) in [5, 5.41) is 5.62. The van der Waals surface area contributed by atoms with Gasteiger partial charge in [0.2, 0.25) is 0 Å². The lowest BCUT2D eigenvalue weighted by Gasteiger charge is -2.19. The summed E-state index contributed by atoms with van der Waals surface area (Å²) in [4.78, 5) is 8.80. The number of aromatic nitrogens is 2. The topological polar surface area (TPSA) is 37.8 Å². The zero-order valence-electron chi connectivity index (χ0n) is 25.0. The molecule has 0 aliphatic carbocycles. The summed E-state index contributed by atoms with van der Waals surface area (Å²) in [6.07, 6.45) is 15.3. The van der Waals surface area contributed by atoms with Gasteiger partial charge in [-0.2, -0.15) is 11.8 Å². The molecule has 0 aliphatic rings. The van der Waals surface area contributed by atoms with Crippen LogP contribution in [0.4, 0.5) is 10.2 Å². The van der Waals surface area contributed by atoms with Crippen molar-refractivity contribution in [3.63, 3.8) is 0 Å². The SMILES string of the molecule is C=C(/C=C(\C=C/C)Nc1cc2c(C(C)C)ccc(C#Cc3ccncc3)c2cn1)C(=C)CC[C@@H](F)C(CCC)SC. The molecule has 3 rings (SSSR count). The fourth-order valence-electron chi connectivity index (χ4n) is 4.65. The number of hydrogen-bond donors (Lipinski definition) is 1. The van der Waals surface area contributed by atoms with Gasteiger partial charge < -0.3 is 5.32 Å². The molecule has 3 aromatic rings. The van der Waals surface area contributed by atoms with E-state index in [4.69, 9.17) is 4.98 Å². The van der Waals surface area contributed by atoms with Crippen LogP contribution >= 0.6 is 11.8 Å². The van der Waals surface area contributed by atoms with Crippen LogP contribution in [0.3, 0.4) is 0 Å². The highest BCUT2D eigenvalue weighted by Crippen LogP contribution is 2.30. The Balaban J connectivity index is 1.84. The number of nitrogens with one attached hydrogen (secondary N) is 1. The second-order valence-corrected chi connectivity index (χ2v) is 11.5. The molecule has 0 spiro atoms. The molecule has 2 atom stereocenters. The van der Waals surface area contributed by atoms with Crippen molar-refractivity contribution in [2.75, 3.05) is 11.6 Å². The van der Waals surface area contributed by atoms with Gasteiger partial charge >= 0.3 is 0 Å². The van der Waals surface area contributed by atoms with Crippen molar-refractivity contribution in [1.82, 2.24) is 9.97 Å². The fraction of sp³-hybridized carbons (Fsp3) is 0.333. The minimum absolute atomic E-state index is 0.0358. The quantitative estimate of drug-likeness (QED) is 0.165. The van der Waals surface area contributed by atoms with Crippen LogP contribution < -0.4 is 5.32 Å². The molecule has 0 saturated carbocycles. The Morgan fingerprint density at radius 3 is 2.51 bits per heavy atom. The molecule has 1 aromatic carbocycles. The van der Waals surface area contributed by atoms with E-state index in [2.05, 4.69) is 74.3 Å². The molecule has 3 nitrogen and oxygen atoms in total. The van der Waals surface area contributed by atoms with Crippen LogP contribution in [0.5, 0.6) is 0 Å². The average Bonchev–Trinajstić information content (AvgIpc) is 2.97. The number of pyridine rings is 2. The van der Waals surface area contributed by atoms with Gasteiger partial charge in [-0.15, -0.1) is 0 Å². The van der Waals surface area contributed by atoms with Crippen molar-refractivity contribution < 1.29 is 4.39 Å². The molecule has 5 heteroatoms. The summed E-state index contributed by atoms with van der Waals surface area (Å²) >= 11 is 1.61. The molecule has 0 fully saturated rings. The van der Waals surface area contributed by atoms with Crippen molar-refractivity contribution >= 4 is 28.4 Å². The van der Waals surface area contributed by atoms with E-state index >= 15 is 0 Å². The van der Waals surface area contributed by atoms with E-state index in [9.17, 15) is 4.39 Å². The standard InChI is InChI=1S/C36H42FN3S/c1-8-10-30(22-27(6)26(5)12-17-34(37)35(41-7)11-9-2)40-36-23-32-31(25(3)4)16-15-29(33(32)24-39-36)14-13-28-18-20-38-21-19-28/h8,10,15-16,18-25,34-35H,5-6,9,11-12,17H2,1-4,7H3,(H,39,40)/b10-8-,30-22+/t34-,35?/m1/s1. The number of nitrogens with zero attached hydrogens (tertiary/aromatic N) is 2. The summed E-state index contributed by atoms with van der Waals surface area (Å²) in [6.45, 7) is 16.9. The molecule has 0 bridgehead atoms. The highest BCUT2D eigenvalue weighted by molar-refractivity contribution is 7.99. The monoisotopic (exact) mass is 567 g/mol. The number of anilines is 1. The number of halogens is 1. The number of alkyl halides is 1. The van der Waals surface area contributed by atoms with Crippen LogP contribution in [0, 0.1) is 11.8 Å². The molecule has 41 heavy (non-hydrogen) atoms. The van der Waals surface area contributed by atoms with E-state index in [0.29, 0.717) is 18.8 Å². The summed E-state index contributed by atoms with van der Waals surface area (Å²) in [7, 11) is 0. The van der Waals surface area contributed by atoms with E-state index in [1.165, 1.54) is 5.56 Å². The van der Waals surface area contributed by atoms with Crippen molar-refractivity contribution in [2.45, 2.75) is 70.7 Å². The van der Waals surface area contributed by atoms with Crippen LogP contribution in [0.25, 0.3) is 10.8 Å². The van der Waals surface area contributed by atoms with Gasteiger partial charge in [0.05, 0.1) is 0 Å². The van der Waals surface area contributed by atoms with Crippen molar-refractivity contribution in [1.29, 1.82) is 0 Å². The first-order valence-corrected chi connectivity index (χ1v) is 15.6. The second-order valence-electron chi connectivity index (χ2n) is 10.4. The Morgan fingerprint density at radius 1 is 1.10 bits per heavy atom. The summed E-state index contributed by atoms with van der Waals surface area (Å²) < 4.78 is 14.8. The van der Waals surface area contributed by atoms with Gasteiger partial charge in [-0.1, -0.05) is 64.3 Å². The zero-order chi connectivity index (χ0) is 29.8. The molecule has 1 unspecified atom stereocenters. The molecule has 2 aromatic heterocycles. The third kappa shape index (κ3) is 9.20. The van der Waals surface area contributed by atoms with Gasteiger partial charge in [-0.3, -0.25) is 4.98 Å². The molecule has 2 heterocycles.